The van der Waals surface area contributed by atoms with E-state index in [4.69, 9.17) is 16.9 Å². The molecule has 0 saturated carbocycles. The smallest absolute Gasteiger partial charge is 0.0992 e. The van der Waals surface area contributed by atoms with Gasteiger partial charge in [0.25, 0.3) is 0 Å². The molecule has 1 fully saturated rings. The van der Waals surface area contributed by atoms with E-state index in [0.717, 1.165) is 12.1 Å². The normalized spacial score (nSPS) is 24.8. The van der Waals surface area contributed by atoms with Crippen molar-refractivity contribution in [2.75, 3.05) is 0 Å². The van der Waals surface area contributed by atoms with Crippen molar-refractivity contribution >= 4 is 11.6 Å². The van der Waals surface area contributed by atoms with Gasteiger partial charge in [-0.15, -0.1) is 0 Å². The highest BCUT2D eigenvalue weighted by Gasteiger charge is 2.25. The van der Waals surface area contributed by atoms with E-state index in [1.165, 1.54) is 19.3 Å². The van der Waals surface area contributed by atoms with Crippen LogP contribution in [0.1, 0.15) is 44.2 Å². The molecule has 0 amide bonds. The summed E-state index contributed by atoms with van der Waals surface area (Å²) in [6.45, 7) is 5.45. The van der Waals surface area contributed by atoms with Crippen LogP contribution in [0.5, 0.6) is 0 Å². The van der Waals surface area contributed by atoms with Crippen LogP contribution in [0.25, 0.3) is 0 Å². The molecule has 96 valence electrons. The number of hydrogen-bond acceptors (Lipinski definition) is 2. The van der Waals surface area contributed by atoms with Gasteiger partial charge < -0.3 is 0 Å². The minimum atomic E-state index is 0.612. The number of halogens is 1. The predicted molar refractivity (Wildman–Crippen MR) is 74.5 cm³/mol. The van der Waals surface area contributed by atoms with E-state index < -0.39 is 0 Å². The van der Waals surface area contributed by atoms with Gasteiger partial charge in [-0.2, -0.15) is 5.26 Å². The monoisotopic (exact) mass is 262 g/mol. The highest BCUT2D eigenvalue weighted by atomic mass is 35.5. The second kappa shape index (κ2) is 5.73. The molecule has 0 radical (unpaired) electrons. The molecule has 2 nitrogen and oxygen atoms in total. The number of piperidine rings is 1. The van der Waals surface area contributed by atoms with Crippen LogP contribution in [0, 0.1) is 11.3 Å². The van der Waals surface area contributed by atoms with Crippen molar-refractivity contribution in [2.45, 2.75) is 51.7 Å². The first-order chi connectivity index (χ1) is 8.61. The molecule has 0 unspecified atom stereocenters. The largest absolute Gasteiger partial charge is 0.294 e. The number of nitrogens with zero attached hydrogens (tertiary/aromatic N) is 2. The summed E-state index contributed by atoms with van der Waals surface area (Å²) >= 11 is 6.25. The van der Waals surface area contributed by atoms with Gasteiger partial charge in [-0.05, 0) is 44.4 Å². The minimum Gasteiger partial charge on any atom is -0.294 e. The lowest BCUT2D eigenvalue weighted by molar-refractivity contribution is 0.0953. The second-order valence-electron chi connectivity index (χ2n) is 5.22. The molecular weight excluding hydrogens is 244 g/mol. The first kappa shape index (κ1) is 13.4. The zero-order chi connectivity index (χ0) is 13.1. The molecule has 1 aromatic carbocycles. The average Bonchev–Trinajstić information content (AvgIpc) is 2.35. The van der Waals surface area contributed by atoms with Crippen molar-refractivity contribution in [1.29, 1.82) is 5.26 Å². The summed E-state index contributed by atoms with van der Waals surface area (Å²) in [6.07, 6.45) is 3.84. The Morgan fingerprint density at radius 3 is 2.56 bits per heavy atom. The maximum absolute atomic E-state index is 8.84. The van der Waals surface area contributed by atoms with Crippen LogP contribution < -0.4 is 0 Å². The van der Waals surface area contributed by atoms with Crippen molar-refractivity contribution in [1.82, 2.24) is 4.90 Å². The molecule has 3 heteroatoms. The molecule has 0 spiro atoms. The van der Waals surface area contributed by atoms with Crippen LogP contribution in [0.3, 0.4) is 0 Å². The number of likely N-dealkylation sites (tertiary alicyclic amines) is 1. The van der Waals surface area contributed by atoms with Gasteiger partial charge in [0.15, 0.2) is 0 Å². The van der Waals surface area contributed by atoms with E-state index in [-0.39, 0.29) is 0 Å². The number of rotatable bonds is 2. The molecule has 1 aromatic rings. The van der Waals surface area contributed by atoms with Gasteiger partial charge in [0.2, 0.25) is 0 Å². The van der Waals surface area contributed by atoms with Gasteiger partial charge in [-0.25, -0.2) is 0 Å². The number of benzene rings is 1. The lowest BCUT2D eigenvalue weighted by Gasteiger charge is -2.39. The quantitative estimate of drug-likeness (QED) is 0.806. The summed E-state index contributed by atoms with van der Waals surface area (Å²) in [7, 11) is 0. The van der Waals surface area contributed by atoms with Gasteiger partial charge >= 0.3 is 0 Å². The van der Waals surface area contributed by atoms with Crippen molar-refractivity contribution in [3.8, 4) is 6.07 Å². The highest BCUT2D eigenvalue weighted by Crippen LogP contribution is 2.27. The number of hydrogen-bond donors (Lipinski definition) is 0. The van der Waals surface area contributed by atoms with Crippen LogP contribution in [0.2, 0.25) is 5.02 Å². The predicted octanol–water partition coefficient (Wildman–Crippen LogP) is 3.97. The van der Waals surface area contributed by atoms with Gasteiger partial charge in [-0.3, -0.25) is 4.90 Å². The van der Waals surface area contributed by atoms with Gasteiger partial charge in [0.05, 0.1) is 11.6 Å². The molecule has 2 atom stereocenters. The third-order valence-electron chi connectivity index (χ3n) is 3.91. The van der Waals surface area contributed by atoms with Crippen LogP contribution >= 0.6 is 11.6 Å². The van der Waals surface area contributed by atoms with E-state index >= 15 is 0 Å². The summed E-state index contributed by atoms with van der Waals surface area (Å²) in [5, 5.41) is 9.55. The Kier molecular flexibility index (Phi) is 4.27. The molecule has 0 N–H and O–H groups in total. The van der Waals surface area contributed by atoms with Crippen molar-refractivity contribution in [3.05, 3.63) is 34.3 Å². The first-order valence-electron chi connectivity index (χ1n) is 6.56. The molecule has 0 bridgehead atoms. The Bertz CT molecular complexity index is 454. The Labute approximate surface area is 114 Å². The Balaban J connectivity index is 2.15. The maximum Gasteiger partial charge on any atom is 0.0992 e. The lowest BCUT2D eigenvalue weighted by atomic mass is 9.96. The summed E-state index contributed by atoms with van der Waals surface area (Å²) in [5.41, 5.74) is 1.75. The molecule has 0 aliphatic carbocycles. The Morgan fingerprint density at radius 1 is 1.33 bits per heavy atom. The van der Waals surface area contributed by atoms with Crippen LogP contribution in [0.15, 0.2) is 18.2 Å². The SMILES string of the molecule is C[C@@H]1CCC[C@H](C)N1Cc1ccc(C#N)cc1Cl. The Morgan fingerprint density at radius 2 is 2.00 bits per heavy atom. The molecule has 1 heterocycles. The van der Waals surface area contributed by atoms with Crippen molar-refractivity contribution in [2.24, 2.45) is 0 Å². The highest BCUT2D eigenvalue weighted by molar-refractivity contribution is 6.31. The van der Waals surface area contributed by atoms with Crippen LogP contribution in [-0.4, -0.2) is 17.0 Å². The van der Waals surface area contributed by atoms with E-state index in [0.29, 0.717) is 22.7 Å². The third-order valence-corrected chi connectivity index (χ3v) is 4.26. The van der Waals surface area contributed by atoms with Gasteiger partial charge in [-0.1, -0.05) is 24.1 Å². The fraction of sp³-hybridized carbons (Fsp3) is 0.533. The molecule has 1 aliphatic heterocycles. The minimum absolute atomic E-state index is 0.612. The van der Waals surface area contributed by atoms with E-state index in [1.54, 1.807) is 6.07 Å². The van der Waals surface area contributed by atoms with Crippen molar-refractivity contribution < 1.29 is 0 Å². The molecule has 2 rings (SSSR count). The molecule has 1 saturated heterocycles. The first-order valence-corrected chi connectivity index (χ1v) is 6.94. The Hall–Kier alpha value is -1.04. The number of nitriles is 1. The van der Waals surface area contributed by atoms with E-state index in [2.05, 4.69) is 24.8 Å². The van der Waals surface area contributed by atoms with Crippen LogP contribution in [-0.2, 0) is 6.54 Å². The van der Waals surface area contributed by atoms with E-state index in [9.17, 15) is 0 Å². The topological polar surface area (TPSA) is 27.0 Å². The summed E-state index contributed by atoms with van der Waals surface area (Å²) in [6, 6.07) is 8.93. The average molecular weight is 263 g/mol. The standard InChI is InChI=1S/C15H19ClN2/c1-11-4-3-5-12(2)18(11)10-14-7-6-13(9-17)8-15(14)16/h6-8,11-12H,3-5,10H2,1-2H3/t11-,12+. The zero-order valence-electron chi connectivity index (χ0n) is 11.0. The fourth-order valence-electron chi connectivity index (χ4n) is 2.73. The van der Waals surface area contributed by atoms with Crippen LogP contribution in [0.4, 0.5) is 0 Å². The summed E-state index contributed by atoms with van der Waals surface area (Å²) in [5.74, 6) is 0. The fourth-order valence-corrected chi connectivity index (χ4v) is 2.97. The molecular formula is C15H19ClN2. The third kappa shape index (κ3) is 2.85. The van der Waals surface area contributed by atoms with Gasteiger partial charge in [0, 0.05) is 23.7 Å². The maximum atomic E-state index is 8.84. The summed E-state index contributed by atoms with van der Waals surface area (Å²) < 4.78 is 0. The van der Waals surface area contributed by atoms with Gasteiger partial charge in [0.1, 0.15) is 0 Å². The van der Waals surface area contributed by atoms with Crippen molar-refractivity contribution in [3.63, 3.8) is 0 Å². The zero-order valence-corrected chi connectivity index (χ0v) is 11.7. The second-order valence-corrected chi connectivity index (χ2v) is 5.63. The molecule has 1 aliphatic rings. The lowest BCUT2D eigenvalue weighted by Crippen LogP contribution is -2.43. The summed E-state index contributed by atoms with van der Waals surface area (Å²) in [4.78, 5) is 2.51. The van der Waals surface area contributed by atoms with E-state index in [1.807, 2.05) is 12.1 Å². The molecule has 18 heavy (non-hydrogen) atoms. The molecule has 0 aromatic heterocycles.